The average molecular weight is 391 g/mol. The third kappa shape index (κ3) is 3.43. The molecule has 0 saturated heterocycles. The Kier molecular flexibility index (Phi) is 4.81. The molecular formula is C25H30N2O2. The van der Waals surface area contributed by atoms with Gasteiger partial charge >= 0.3 is 0 Å². The van der Waals surface area contributed by atoms with Crippen molar-refractivity contribution >= 4 is 11.4 Å². The Balaban J connectivity index is 1.25. The Hall–Kier alpha value is -2.36. The van der Waals surface area contributed by atoms with E-state index in [-0.39, 0.29) is 5.92 Å². The smallest absolute Gasteiger partial charge is 0.169 e. The Labute approximate surface area is 172 Å². The number of furan rings is 1. The van der Waals surface area contributed by atoms with Crippen molar-refractivity contribution in [2.24, 2.45) is 17.8 Å². The van der Waals surface area contributed by atoms with Crippen molar-refractivity contribution in [2.45, 2.75) is 64.7 Å². The second kappa shape index (κ2) is 7.47. The summed E-state index contributed by atoms with van der Waals surface area (Å²) in [6, 6.07) is 8.15. The summed E-state index contributed by atoms with van der Waals surface area (Å²) in [5.41, 5.74) is 3.74. The van der Waals surface area contributed by atoms with E-state index in [2.05, 4.69) is 24.0 Å². The first-order valence-electron chi connectivity index (χ1n) is 11.1. The van der Waals surface area contributed by atoms with Crippen molar-refractivity contribution in [1.82, 2.24) is 9.38 Å². The first-order chi connectivity index (χ1) is 14.1. The summed E-state index contributed by atoms with van der Waals surface area (Å²) >= 11 is 0. The molecule has 0 amide bonds. The van der Waals surface area contributed by atoms with Crippen molar-refractivity contribution in [2.75, 3.05) is 0 Å². The zero-order chi connectivity index (χ0) is 20.0. The minimum atomic E-state index is 0.164. The van der Waals surface area contributed by atoms with Crippen molar-refractivity contribution in [1.29, 1.82) is 0 Å². The van der Waals surface area contributed by atoms with E-state index < -0.39 is 0 Å². The number of aromatic nitrogens is 2. The maximum atomic E-state index is 13.3. The highest BCUT2D eigenvalue weighted by molar-refractivity contribution is 6.03. The molecule has 0 bridgehead atoms. The van der Waals surface area contributed by atoms with Gasteiger partial charge in [-0.2, -0.15) is 0 Å². The first kappa shape index (κ1) is 18.7. The quantitative estimate of drug-likeness (QED) is 0.504. The van der Waals surface area contributed by atoms with Crippen LogP contribution in [0.4, 0.5) is 0 Å². The van der Waals surface area contributed by atoms with Crippen LogP contribution in [-0.4, -0.2) is 15.2 Å². The van der Waals surface area contributed by atoms with Gasteiger partial charge in [0.2, 0.25) is 0 Å². The van der Waals surface area contributed by atoms with Crippen LogP contribution in [-0.2, 0) is 0 Å². The van der Waals surface area contributed by atoms with Gasteiger partial charge in [-0.3, -0.25) is 4.79 Å². The molecule has 0 N–H and O–H groups in total. The molecule has 3 aromatic rings. The van der Waals surface area contributed by atoms with Gasteiger partial charge in [0.1, 0.15) is 11.4 Å². The molecule has 0 spiro atoms. The lowest BCUT2D eigenvalue weighted by Gasteiger charge is -2.31. The highest BCUT2D eigenvalue weighted by Crippen LogP contribution is 2.46. The molecule has 0 radical (unpaired) electrons. The van der Waals surface area contributed by atoms with Gasteiger partial charge in [0.15, 0.2) is 5.78 Å². The molecule has 3 heterocycles. The topological polar surface area (TPSA) is 47.5 Å². The average Bonchev–Trinajstić information content (AvgIpc) is 3.47. The van der Waals surface area contributed by atoms with Crippen molar-refractivity contribution in [3.8, 4) is 0 Å². The van der Waals surface area contributed by atoms with Gasteiger partial charge in [-0.05, 0) is 94.9 Å². The third-order valence-corrected chi connectivity index (χ3v) is 7.43. The van der Waals surface area contributed by atoms with Crippen LogP contribution >= 0.6 is 0 Å². The number of aryl methyl sites for hydroxylation is 2. The number of rotatable bonds is 4. The van der Waals surface area contributed by atoms with E-state index in [4.69, 9.17) is 4.42 Å². The molecule has 2 unspecified atom stereocenters. The zero-order valence-electron chi connectivity index (χ0n) is 17.4. The lowest BCUT2D eigenvalue weighted by atomic mass is 9.74. The normalized spacial score (nSPS) is 27.5. The Bertz CT molecular complexity index is 1010. The SMILES string of the molecule is Cc1cc(C)n2ccc(C(=O)C3CCC(C4CCC(c5ccco5)CC4)C3)c2n1. The standard InChI is InChI=1S/C25H30N2O2/c1-16-14-17(2)27-12-11-22(25(27)26-16)24(28)21-10-9-20(15-21)18-5-7-19(8-6-18)23-4-3-13-29-23/h3-4,11-14,18-21H,5-10,15H2,1-2H3. The minimum absolute atomic E-state index is 0.164. The van der Waals surface area contributed by atoms with E-state index in [1.165, 1.54) is 32.1 Å². The van der Waals surface area contributed by atoms with E-state index in [0.717, 1.165) is 47.1 Å². The van der Waals surface area contributed by atoms with Gasteiger partial charge in [-0.1, -0.05) is 0 Å². The molecule has 3 aromatic heterocycles. The molecule has 0 aromatic carbocycles. The van der Waals surface area contributed by atoms with E-state index in [1.807, 2.05) is 29.7 Å². The number of hydrogen-bond acceptors (Lipinski definition) is 3. The van der Waals surface area contributed by atoms with E-state index in [0.29, 0.717) is 17.6 Å². The van der Waals surface area contributed by atoms with Crippen molar-refractivity contribution < 1.29 is 9.21 Å². The van der Waals surface area contributed by atoms with Gasteiger partial charge in [0, 0.05) is 29.4 Å². The van der Waals surface area contributed by atoms with Gasteiger partial charge in [-0.15, -0.1) is 0 Å². The predicted molar refractivity (Wildman–Crippen MR) is 113 cm³/mol. The fourth-order valence-corrected chi connectivity index (χ4v) is 5.89. The van der Waals surface area contributed by atoms with Gasteiger partial charge in [0.05, 0.1) is 11.8 Å². The second-order valence-electron chi connectivity index (χ2n) is 9.22. The van der Waals surface area contributed by atoms with Gasteiger partial charge in [-0.25, -0.2) is 4.98 Å². The molecule has 152 valence electrons. The molecule has 2 aliphatic carbocycles. The molecule has 2 saturated carbocycles. The number of ketones is 1. The van der Waals surface area contributed by atoms with Crippen LogP contribution in [0.15, 0.2) is 41.1 Å². The number of carbonyl (C=O) groups excluding carboxylic acids is 1. The van der Waals surface area contributed by atoms with Crippen LogP contribution in [0.25, 0.3) is 5.65 Å². The molecule has 2 atom stereocenters. The summed E-state index contributed by atoms with van der Waals surface area (Å²) in [7, 11) is 0. The Morgan fingerprint density at radius 3 is 2.62 bits per heavy atom. The number of carbonyl (C=O) groups is 1. The summed E-state index contributed by atoms with van der Waals surface area (Å²) in [4.78, 5) is 18.0. The van der Waals surface area contributed by atoms with Crippen LogP contribution in [0.3, 0.4) is 0 Å². The first-order valence-corrected chi connectivity index (χ1v) is 11.1. The molecule has 4 heteroatoms. The third-order valence-electron chi connectivity index (χ3n) is 7.43. The van der Waals surface area contributed by atoms with Crippen LogP contribution in [0.2, 0.25) is 0 Å². The van der Waals surface area contributed by atoms with E-state index in [1.54, 1.807) is 6.26 Å². The summed E-state index contributed by atoms with van der Waals surface area (Å²) < 4.78 is 7.67. The van der Waals surface area contributed by atoms with Gasteiger partial charge < -0.3 is 8.82 Å². The molecule has 4 nitrogen and oxygen atoms in total. The highest BCUT2D eigenvalue weighted by Gasteiger charge is 2.37. The number of nitrogens with zero attached hydrogens (tertiary/aromatic N) is 2. The number of fused-ring (bicyclic) bond motifs is 1. The zero-order valence-corrected chi connectivity index (χ0v) is 17.4. The van der Waals surface area contributed by atoms with Crippen LogP contribution in [0, 0.1) is 31.6 Å². The lowest BCUT2D eigenvalue weighted by Crippen LogP contribution is -2.20. The Morgan fingerprint density at radius 1 is 1.07 bits per heavy atom. The number of Topliss-reactive ketones (excluding diaryl/α,β-unsaturated/α-hetero) is 1. The van der Waals surface area contributed by atoms with E-state index in [9.17, 15) is 4.79 Å². The second-order valence-corrected chi connectivity index (χ2v) is 9.22. The van der Waals surface area contributed by atoms with Crippen molar-refractivity contribution in [3.05, 3.63) is 59.4 Å². The summed E-state index contributed by atoms with van der Waals surface area (Å²) in [6.07, 6.45) is 12.0. The van der Waals surface area contributed by atoms with Crippen molar-refractivity contribution in [3.63, 3.8) is 0 Å². The molecule has 2 fully saturated rings. The maximum absolute atomic E-state index is 13.3. The Morgan fingerprint density at radius 2 is 1.86 bits per heavy atom. The highest BCUT2D eigenvalue weighted by atomic mass is 16.3. The maximum Gasteiger partial charge on any atom is 0.169 e. The van der Waals surface area contributed by atoms with Crippen LogP contribution in [0.1, 0.15) is 78.4 Å². The minimum Gasteiger partial charge on any atom is -0.469 e. The van der Waals surface area contributed by atoms with Gasteiger partial charge in [0.25, 0.3) is 0 Å². The number of hydrogen-bond donors (Lipinski definition) is 0. The summed E-state index contributed by atoms with van der Waals surface area (Å²) in [5, 5.41) is 0. The molecule has 5 rings (SSSR count). The molecule has 29 heavy (non-hydrogen) atoms. The molecule has 2 aliphatic rings. The fourth-order valence-electron chi connectivity index (χ4n) is 5.89. The molecular weight excluding hydrogens is 360 g/mol. The van der Waals surface area contributed by atoms with E-state index >= 15 is 0 Å². The summed E-state index contributed by atoms with van der Waals surface area (Å²) in [5.74, 6) is 3.68. The largest absolute Gasteiger partial charge is 0.469 e. The fraction of sp³-hybridized carbons (Fsp3) is 0.520. The monoisotopic (exact) mass is 390 g/mol. The van der Waals surface area contributed by atoms with Crippen LogP contribution < -0.4 is 0 Å². The predicted octanol–water partition coefficient (Wildman–Crippen LogP) is 6.12. The lowest BCUT2D eigenvalue weighted by molar-refractivity contribution is 0.0917. The summed E-state index contributed by atoms with van der Waals surface area (Å²) in [6.45, 7) is 4.07. The molecule has 0 aliphatic heterocycles. The van der Waals surface area contributed by atoms with Crippen LogP contribution in [0.5, 0.6) is 0 Å².